The molecular formula is C18H17ClN2O4S. The summed E-state index contributed by atoms with van der Waals surface area (Å²) in [4.78, 5) is 31.2. The number of ketones is 1. The Hall–Kier alpha value is -2.12. The van der Waals surface area contributed by atoms with Crippen molar-refractivity contribution in [3.05, 3.63) is 45.8 Å². The molecule has 1 aliphatic carbocycles. The number of aromatic nitrogens is 1. The van der Waals surface area contributed by atoms with E-state index in [1.807, 2.05) is 6.26 Å². The van der Waals surface area contributed by atoms with Gasteiger partial charge in [0.1, 0.15) is 5.56 Å². The first-order chi connectivity index (χ1) is 12.4. The van der Waals surface area contributed by atoms with E-state index in [9.17, 15) is 9.59 Å². The standard InChI is InChI=1S/C18H17ClN2O4S/c1-9(2)20-25-18(23)15-14(17(24-21-15)10-4-5-10)16(22)12-7-6-11(26-3)8-13(12)19/h6-8,10H,4-5H2,1-3H3. The lowest BCUT2D eigenvalue weighted by molar-refractivity contribution is 0.0501. The monoisotopic (exact) mass is 392 g/mol. The first kappa shape index (κ1) is 18.7. The Morgan fingerprint density at radius 2 is 2.08 bits per heavy atom. The largest absolute Gasteiger partial charge is 0.388 e. The molecule has 0 atom stereocenters. The molecule has 26 heavy (non-hydrogen) atoms. The van der Waals surface area contributed by atoms with Crippen LogP contribution in [-0.4, -0.2) is 28.9 Å². The molecule has 0 radical (unpaired) electrons. The number of nitrogens with zero attached hydrogens (tertiary/aromatic N) is 2. The highest BCUT2D eigenvalue weighted by molar-refractivity contribution is 7.98. The topological polar surface area (TPSA) is 81.8 Å². The summed E-state index contributed by atoms with van der Waals surface area (Å²) in [5.74, 6) is -0.746. The highest BCUT2D eigenvalue weighted by Gasteiger charge is 2.38. The SMILES string of the molecule is CSc1ccc(C(=O)c2c(C(=O)ON=C(C)C)noc2C2CC2)c(Cl)c1. The van der Waals surface area contributed by atoms with Crippen molar-refractivity contribution in [3.8, 4) is 0 Å². The Morgan fingerprint density at radius 1 is 1.35 bits per heavy atom. The van der Waals surface area contributed by atoms with Gasteiger partial charge in [-0.2, -0.15) is 0 Å². The summed E-state index contributed by atoms with van der Waals surface area (Å²) in [6, 6.07) is 5.16. The zero-order valence-corrected chi connectivity index (χ0v) is 16.1. The lowest BCUT2D eigenvalue weighted by Gasteiger charge is -2.06. The maximum Gasteiger partial charge on any atom is 0.388 e. The Labute approximate surface area is 159 Å². The average Bonchev–Trinajstić information content (AvgIpc) is 3.37. The molecular weight excluding hydrogens is 376 g/mol. The van der Waals surface area contributed by atoms with Crippen LogP contribution in [0, 0.1) is 0 Å². The summed E-state index contributed by atoms with van der Waals surface area (Å²) in [6.07, 6.45) is 3.69. The van der Waals surface area contributed by atoms with Crippen LogP contribution < -0.4 is 0 Å². The molecule has 1 saturated carbocycles. The van der Waals surface area contributed by atoms with Gasteiger partial charge in [-0.3, -0.25) is 4.79 Å². The molecule has 1 aliphatic rings. The summed E-state index contributed by atoms with van der Waals surface area (Å²) >= 11 is 7.80. The van der Waals surface area contributed by atoms with E-state index in [1.165, 1.54) is 11.8 Å². The molecule has 0 N–H and O–H groups in total. The number of hydrogen-bond donors (Lipinski definition) is 0. The van der Waals surface area contributed by atoms with Crippen LogP contribution in [0.5, 0.6) is 0 Å². The van der Waals surface area contributed by atoms with E-state index in [1.54, 1.807) is 32.0 Å². The summed E-state index contributed by atoms with van der Waals surface area (Å²) in [7, 11) is 0. The van der Waals surface area contributed by atoms with Crippen molar-refractivity contribution in [2.45, 2.75) is 37.5 Å². The number of carbonyl (C=O) groups is 2. The third-order valence-corrected chi connectivity index (χ3v) is 4.86. The van der Waals surface area contributed by atoms with Crippen LogP contribution in [0.2, 0.25) is 5.02 Å². The van der Waals surface area contributed by atoms with Gasteiger partial charge in [0, 0.05) is 16.4 Å². The second kappa shape index (κ2) is 7.63. The third kappa shape index (κ3) is 3.83. The fourth-order valence-electron chi connectivity index (χ4n) is 2.40. The quantitative estimate of drug-likeness (QED) is 0.233. The predicted octanol–water partition coefficient (Wildman–Crippen LogP) is 4.71. The lowest BCUT2D eigenvalue weighted by atomic mass is 9.99. The molecule has 1 fully saturated rings. The molecule has 1 heterocycles. The van der Waals surface area contributed by atoms with Crippen molar-refractivity contribution < 1.29 is 18.9 Å². The highest BCUT2D eigenvalue weighted by atomic mass is 35.5. The number of hydrogen-bond acceptors (Lipinski definition) is 7. The molecule has 0 amide bonds. The molecule has 2 aromatic rings. The zero-order valence-electron chi connectivity index (χ0n) is 14.5. The van der Waals surface area contributed by atoms with Crippen molar-refractivity contribution in [1.82, 2.24) is 5.16 Å². The molecule has 3 rings (SSSR count). The number of rotatable bonds is 6. The van der Waals surface area contributed by atoms with E-state index < -0.39 is 11.8 Å². The minimum atomic E-state index is -0.831. The van der Waals surface area contributed by atoms with Gasteiger partial charge in [0.15, 0.2) is 5.76 Å². The van der Waals surface area contributed by atoms with Crippen LogP contribution in [0.1, 0.15) is 64.8 Å². The summed E-state index contributed by atoms with van der Waals surface area (Å²) in [6.45, 7) is 3.37. The van der Waals surface area contributed by atoms with Crippen molar-refractivity contribution in [3.63, 3.8) is 0 Å². The van der Waals surface area contributed by atoms with Crippen LogP contribution in [-0.2, 0) is 4.84 Å². The number of carbonyl (C=O) groups excluding carboxylic acids is 2. The van der Waals surface area contributed by atoms with Gasteiger partial charge in [0.05, 0.1) is 10.7 Å². The van der Waals surface area contributed by atoms with Gasteiger partial charge in [-0.25, -0.2) is 4.79 Å². The molecule has 136 valence electrons. The molecule has 0 saturated heterocycles. The van der Waals surface area contributed by atoms with E-state index in [4.69, 9.17) is 21.0 Å². The lowest BCUT2D eigenvalue weighted by Crippen LogP contribution is -2.12. The first-order valence-corrected chi connectivity index (χ1v) is 9.63. The van der Waals surface area contributed by atoms with Crippen molar-refractivity contribution in [2.24, 2.45) is 5.16 Å². The smallest absolute Gasteiger partial charge is 0.359 e. The second-order valence-corrected chi connectivity index (χ2v) is 7.42. The summed E-state index contributed by atoms with van der Waals surface area (Å²) in [5, 5.41) is 7.72. The molecule has 1 aromatic carbocycles. The van der Waals surface area contributed by atoms with E-state index in [0.29, 0.717) is 22.1 Å². The van der Waals surface area contributed by atoms with E-state index in [-0.39, 0.29) is 17.2 Å². The van der Waals surface area contributed by atoms with Gasteiger partial charge in [0.25, 0.3) is 0 Å². The van der Waals surface area contributed by atoms with Crippen molar-refractivity contribution in [2.75, 3.05) is 6.26 Å². The zero-order chi connectivity index (χ0) is 18.8. The number of halogens is 1. The van der Waals surface area contributed by atoms with E-state index in [2.05, 4.69) is 10.3 Å². The number of benzene rings is 1. The minimum Gasteiger partial charge on any atom is -0.359 e. The maximum absolute atomic E-state index is 13.1. The molecule has 0 unspecified atom stereocenters. The van der Waals surface area contributed by atoms with Crippen molar-refractivity contribution in [1.29, 1.82) is 0 Å². The Morgan fingerprint density at radius 3 is 2.65 bits per heavy atom. The highest BCUT2D eigenvalue weighted by Crippen LogP contribution is 2.43. The van der Waals surface area contributed by atoms with Crippen LogP contribution in [0.15, 0.2) is 32.8 Å². The minimum absolute atomic E-state index is 0.0867. The van der Waals surface area contributed by atoms with Crippen molar-refractivity contribution >= 4 is 40.8 Å². The first-order valence-electron chi connectivity index (χ1n) is 8.02. The maximum atomic E-state index is 13.1. The van der Waals surface area contributed by atoms with Gasteiger partial charge >= 0.3 is 5.97 Å². The van der Waals surface area contributed by atoms with Gasteiger partial charge in [-0.05, 0) is 51.1 Å². The summed E-state index contributed by atoms with van der Waals surface area (Å²) in [5.41, 5.74) is 0.791. The van der Waals surface area contributed by atoms with Gasteiger partial charge in [0.2, 0.25) is 11.5 Å². The van der Waals surface area contributed by atoms with Gasteiger partial charge in [-0.1, -0.05) is 21.9 Å². The van der Waals surface area contributed by atoms with Crippen LogP contribution in [0.4, 0.5) is 0 Å². The molecule has 1 aromatic heterocycles. The second-order valence-electron chi connectivity index (χ2n) is 6.14. The van der Waals surface area contributed by atoms with Crippen LogP contribution in [0.3, 0.4) is 0 Å². The van der Waals surface area contributed by atoms with E-state index >= 15 is 0 Å². The molecule has 6 nitrogen and oxygen atoms in total. The Balaban J connectivity index is 2.02. The number of thioether (sulfide) groups is 1. The molecule has 0 aliphatic heterocycles. The number of oxime groups is 1. The third-order valence-electron chi connectivity index (χ3n) is 3.82. The van der Waals surface area contributed by atoms with E-state index in [0.717, 1.165) is 17.7 Å². The Kier molecular flexibility index (Phi) is 5.48. The summed E-state index contributed by atoms with van der Waals surface area (Å²) < 4.78 is 5.31. The molecule has 8 heteroatoms. The normalized spacial score (nSPS) is 13.4. The molecule has 0 spiro atoms. The van der Waals surface area contributed by atoms with Gasteiger partial charge < -0.3 is 9.36 Å². The van der Waals surface area contributed by atoms with Crippen LogP contribution >= 0.6 is 23.4 Å². The fourth-order valence-corrected chi connectivity index (χ4v) is 3.17. The predicted molar refractivity (Wildman–Crippen MR) is 99.3 cm³/mol. The van der Waals surface area contributed by atoms with Gasteiger partial charge in [-0.15, -0.1) is 11.8 Å². The average molecular weight is 393 g/mol. The Bertz CT molecular complexity index is 899. The fraction of sp³-hybridized carbons (Fsp3) is 0.333. The van der Waals surface area contributed by atoms with Crippen LogP contribution in [0.25, 0.3) is 0 Å². The molecule has 0 bridgehead atoms.